The lowest BCUT2D eigenvalue weighted by atomic mass is 10.1. The zero-order valence-corrected chi connectivity index (χ0v) is 22.5. The first-order chi connectivity index (χ1) is 17.7. The van der Waals surface area contributed by atoms with Crippen LogP contribution in [0.4, 0.5) is 5.95 Å². The van der Waals surface area contributed by atoms with Crippen LogP contribution in [0.3, 0.4) is 0 Å². The summed E-state index contributed by atoms with van der Waals surface area (Å²) in [7, 11) is 0.311. The Morgan fingerprint density at radius 1 is 1.11 bits per heavy atom. The fraction of sp³-hybridized carbons (Fsp3) is 0.455. The van der Waals surface area contributed by atoms with Crippen molar-refractivity contribution in [2.75, 3.05) is 26.1 Å². The van der Waals surface area contributed by atoms with Gasteiger partial charge < -0.3 is 14.2 Å². The third-order valence-electron chi connectivity index (χ3n) is 6.02. The molecule has 4 atom stereocenters. The highest BCUT2D eigenvalue weighted by molar-refractivity contribution is 7.93. The Morgan fingerprint density at radius 3 is 2.30 bits per heavy atom. The quantitative estimate of drug-likeness (QED) is 0.339. The van der Waals surface area contributed by atoms with Gasteiger partial charge in [-0.1, -0.05) is 17.7 Å². The predicted molar refractivity (Wildman–Crippen MR) is 136 cm³/mol. The van der Waals surface area contributed by atoms with Crippen molar-refractivity contribution in [3.05, 3.63) is 47.3 Å². The molecule has 0 amide bonds. The molecule has 2 unspecified atom stereocenters. The lowest BCUT2D eigenvalue weighted by molar-refractivity contribution is 0.0950. The largest absolute Gasteiger partial charge is 0.494 e. The van der Waals surface area contributed by atoms with Crippen LogP contribution in [-0.4, -0.2) is 65.8 Å². The zero-order chi connectivity index (χ0) is 26.7. The van der Waals surface area contributed by atoms with Crippen LogP contribution < -0.4 is 25.0 Å². The molecule has 0 aliphatic carbocycles. The second-order valence-electron chi connectivity index (χ2n) is 8.47. The number of ether oxygens (including phenoxy) is 3. The van der Waals surface area contributed by atoms with E-state index in [1.165, 1.54) is 40.6 Å². The fourth-order valence-electron chi connectivity index (χ4n) is 4.10. The highest BCUT2D eigenvalue weighted by atomic mass is 35.5. The van der Waals surface area contributed by atoms with E-state index < -0.39 is 21.4 Å². The maximum atomic E-state index is 13.6. The minimum atomic E-state index is -4.10. The standard InChI is InChI=1S/C22H29ClN8O5S/c1-12-9-15(27-26-12)21-28-29-22(31(21)18-16(34-3)7-6-8-17(18)35-4)30-37(32,33)13(2)19(36-5)20-24-10-14(23)11-25-20/h6-8,10-13,15,19,26-27H,9H2,1-5H3,(H,29,30)/t12?,13-,15?,19-/m0/s1. The number of anilines is 1. The summed E-state index contributed by atoms with van der Waals surface area (Å²) in [5.74, 6) is 1.48. The summed E-state index contributed by atoms with van der Waals surface area (Å²) in [5.41, 5.74) is 6.78. The molecular formula is C22H29ClN8O5S. The van der Waals surface area contributed by atoms with Gasteiger partial charge in [0, 0.05) is 25.5 Å². The van der Waals surface area contributed by atoms with Gasteiger partial charge >= 0.3 is 0 Å². The normalized spacial score (nSPS) is 19.4. The second kappa shape index (κ2) is 11.1. The van der Waals surface area contributed by atoms with Gasteiger partial charge in [0.05, 0.1) is 25.3 Å². The van der Waals surface area contributed by atoms with E-state index in [2.05, 4.69) is 35.7 Å². The third-order valence-corrected chi connectivity index (χ3v) is 7.90. The van der Waals surface area contributed by atoms with E-state index in [1.54, 1.807) is 22.8 Å². The summed E-state index contributed by atoms with van der Waals surface area (Å²) in [5, 5.41) is 7.75. The lowest BCUT2D eigenvalue weighted by Crippen LogP contribution is -2.33. The molecule has 3 N–H and O–H groups in total. The number of hydrogen-bond acceptors (Lipinski definition) is 11. The number of hydrogen-bond donors (Lipinski definition) is 3. The van der Waals surface area contributed by atoms with E-state index in [0.717, 1.165) is 0 Å². The minimum Gasteiger partial charge on any atom is -0.494 e. The van der Waals surface area contributed by atoms with Gasteiger partial charge in [-0.05, 0) is 32.4 Å². The van der Waals surface area contributed by atoms with E-state index >= 15 is 0 Å². The van der Waals surface area contributed by atoms with Gasteiger partial charge in [-0.2, -0.15) is 0 Å². The molecule has 0 spiro atoms. The lowest BCUT2D eigenvalue weighted by Gasteiger charge is -2.23. The topological polar surface area (TPSA) is 154 Å². The molecule has 37 heavy (non-hydrogen) atoms. The Labute approximate surface area is 219 Å². The molecule has 0 saturated carbocycles. The number of halogens is 1. The summed E-state index contributed by atoms with van der Waals surface area (Å²) >= 11 is 5.88. The van der Waals surface area contributed by atoms with Gasteiger partial charge in [0.25, 0.3) is 0 Å². The first-order valence-corrected chi connectivity index (χ1v) is 13.3. The maximum absolute atomic E-state index is 13.6. The predicted octanol–water partition coefficient (Wildman–Crippen LogP) is 2.17. The first kappa shape index (κ1) is 27.0. The van der Waals surface area contributed by atoms with E-state index in [1.807, 2.05) is 6.92 Å². The number of benzene rings is 1. The number of methoxy groups -OCH3 is 3. The molecule has 1 aromatic carbocycles. The van der Waals surface area contributed by atoms with Crippen LogP contribution in [0.5, 0.6) is 11.5 Å². The second-order valence-corrected chi connectivity index (χ2v) is 10.9. The summed E-state index contributed by atoms with van der Waals surface area (Å²) in [6.45, 7) is 3.51. The van der Waals surface area contributed by atoms with Crippen molar-refractivity contribution < 1.29 is 22.6 Å². The smallest absolute Gasteiger partial charge is 0.243 e. The van der Waals surface area contributed by atoms with Gasteiger partial charge in [0.15, 0.2) is 11.6 Å². The summed E-state index contributed by atoms with van der Waals surface area (Å²) < 4.78 is 47.9. The third kappa shape index (κ3) is 5.48. The van der Waals surface area contributed by atoms with Crippen molar-refractivity contribution in [3.63, 3.8) is 0 Å². The molecule has 13 nitrogen and oxygen atoms in total. The molecule has 3 heterocycles. The number of para-hydroxylation sites is 1. The van der Waals surface area contributed by atoms with Crippen molar-refractivity contribution in [1.82, 2.24) is 35.6 Å². The molecule has 1 aliphatic heterocycles. The number of sulfonamides is 1. The first-order valence-electron chi connectivity index (χ1n) is 11.4. The van der Waals surface area contributed by atoms with Crippen molar-refractivity contribution in [2.24, 2.45) is 0 Å². The van der Waals surface area contributed by atoms with Crippen molar-refractivity contribution in [3.8, 4) is 17.2 Å². The number of hydrazine groups is 1. The Morgan fingerprint density at radius 2 is 1.76 bits per heavy atom. The average molecular weight is 553 g/mol. The van der Waals surface area contributed by atoms with Gasteiger partial charge in [0.2, 0.25) is 16.0 Å². The van der Waals surface area contributed by atoms with Gasteiger partial charge in [-0.15, -0.1) is 10.2 Å². The zero-order valence-electron chi connectivity index (χ0n) is 21.0. The van der Waals surface area contributed by atoms with Crippen molar-refractivity contribution in [1.29, 1.82) is 0 Å². The van der Waals surface area contributed by atoms with Crippen LogP contribution >= 0.6 is 11.6 Å². The molecule has 0 radical (unpaired) electrons. The highest BCUT2D eigenvalue weighted by Gasteiger charge is 2.36. The molecule has 1 saturated heterocycles. The molecule has 4 rings (SSSR count). The van der Waals surface area contributed by atoms with E-state index in [-0.39, 0.29) is 23.9 Å². The van der Waals surface area contributed by atoms with Crippen LogP contribution in [0.25, 0.3) is 5.69 Å². The minimum absolute atomic E-state index is 0.0436. The number of nitrogens with one attached hydrogen (secondary N) is 3. The molecule has 2 aromatic heterocycles. The van der Waals surface area contributed by atoms with Gasteiger partial charge in [0.1, 0.15) is 28.5 Å². The molecule has 1 aliphatic rings. The Bertz CT molecular complexity index is 1320. The summed E-state index contributed by atoms with van der Waals surface area (Å²) in [6.07, 6.45) is 2.47. The Balaban J connectivity index is 1.78. The number of nitrogens with zero attached hydrogens (tertiary/aromatic N) is 5. The van der Waals surface area contributed by atoms with E-state index in [4.69, 9.17) is 25.8 Å². The van der Waals surface area contributed by atoms with Crippen LogP contribution in [0, 0.1) is 0 Å². The number of aromatic nitrogens is 5. The fourth-order valence-corrected chi connectivity index (χ4v) is 5.33. The molecule has 200 valence electrons. The number of rotatable bonds is 10. The molecule has 15 heteroatoms. The van der Waals surface area contributed by atoms with Crippen LogP contribution in [0.15, 0.2) is 30.6 Å². The van der Waals surface area contributed by atoms with Gasteiger partial charge in [-0.25, -0.2) is 23.8 Å². The Kier molecular flexibility index (Phi) is 8.14. The Hall–Kier alpha value is -3.04. The van der Waals surface area contributed by atoms with Gasteiger partial charge in [-0.3, -0.25) is 14.7 Å². The maximum Gasteiger partial charge on any atom is 0.243 e. The molecular weight excluding hydrogens is 524 g/mol. The molecule has 3 aromatic rings. The van der Waals surface area contributed by atoms with Crippen LogP contribution in [-0.2, 0) is 14.8 Å². The van der Waals surface area contributed by atoms with E-state index in [0.29, 0.717) is 34.5 Å². The monoisotopic (exact) mass is 552 g/mol. The van der Waals surface area contributed by atoms with Crippen molar-refractivity contribution >= 4 is 27.6 Å². The summed E-state index contributed by atoms with van der Waals surface area (Å²) in [4.78, 5) is 8.25. The van der Waals surface area contributed by atoms with Crippen molar-refractivity contribution in [2.45, 2.75) is 43.7 Å². The summed E-state index contributed by atoms with van der Waals surface area (Å²) in [6, 6.07) is 5.15. The highest BCUT2D eigenvalue weighted by Crippen LogP contribution is 2.38. The SMILES string of the molecule is COc1cccc(OC)c1-n1c(NS(=O)(=O)[C@@H](C)[C@H](OC)c2ncc(Cl)cn2)nnc1C1CC(C)NN1. The molecule has 1 fully saturated rings. The van der Waals surface area contributed by atoms with Crippen LogP contribution in [0.2, 0.25) is 5.02 Å². The average Bonchev–Trinajstić information content (AvgIpc) is 3.50. The van der Waals surface area contributed by atoms with Crippen LogP contribution in [0.1, 0.15) is 44.1 Å². The molecule has 0 bridgehead atoms. The van der Waals surface area contributed by atoms with E-state index in [9.17, 15) is 8.42 Å².